The first kappa shape index (κ1) is 23.3. The number of nitrogens with two attached hydrogens (primary N) is 1. The predicted molar refractivity (Wildman–Crippen MR) is 141 cm³/mol. The van der Waals surface area contributed by atoms with Crippen molar-refractivity contribution in [2.24, 2.45) is 5.73 Å². The van der Waals surface area contributed by atoms with Gasteiger partial charge in [-0.1, -0.05) is 49.4 Å². The van der Waals surface area contributed by atoms with E-state index in [0.717, 1.165) is 33.6 Å². The second-order valence-electron chi connectivity index (χ2n) is 8.48. The molecule has 2 aromatic carbocycles. The van der Waals surface area contributed by atoms with Gasteiger partial charge in [-0.3, -0.25) is 4.79 Å². The molecule has 8 heteroatoms. The van der Waals surface area contributed by atoms with Crippen LogP contribution in [0.2, 0.25) is 0 Å². The zero-order valence-corrected chi connectivity index (χ0v) is 20.6. The van der Waals surface area contributed by atoms with E-state index in [1.165, 1.54) is 4.88 Å². The topological polar surface area (TPSA) is 84.6 Å². The number of aromatic nitrogens is 2. The number of hydrogen-bond donors (Lipinski definition) is 1. The molecule has 0 unspecified atom stereocenters. The zero-order valence-electron chi connectivity index (χ0n) is 19.8. The Labute approximate surface area is 209 Å². The summed E-state index contributed by atoms with van der Waals surface area (Å²) in [5.74, 6) is 0.933. The Morgan fingerprint density at radius 1 is 1.00 bits per heavy atom. The Balaban J connectivity index is 1.33. The SMILES string of the molecule is CCc1cc2c(N3CCN(C(=O)c4cccc(-c5ccccc5)c4)CC3)nc(OCCN)nc2s1. The standard InChI is InChI=1S/C27H29N5O2S/c1-2-22-18-23-24(29-27(34-16-11-28)30-25(23)35-22)31-12-14-32(15-13-31)26(33)21-10-6-9-20(17-21)19-7-4-3-5-8-19/h3-10,17-18H,2,11-16,28H2,1H3. The molecule has 0 aliphatic carbocycles. The highest BCUT2D eigenvalue weighted by Crippen LogP contribution is 2.33. The van der Waals surface area contributed by atoms with E-state index >= 15 is 0 Å². The molecule has 0 bridgehead atoms. The van der Waals surface area contributed by atoms with Crippen molar-refractivity contribution in [1.29, 1.82) is 0 Å². The summed E-state index contributed by atoms with van der Waals surface area (Å²) in [6, 6.07) is 20.5. The van der Waals surface area contributed by atoms with Crippen molar-refractivity contribution < 1.29 is 9.53 Å². The Kier molecular flexibility index (Phi) is 6.92. The quantitative estimate of drug-likeness (QED) is 0.420. The normalized spacial score (nSPS) is 13.9. The molecule has 7 nitrogen and oxygen atoms in total. The number of hydrogen-bond acceptors (Lipinski definition) is 7. The maximum Gasteiger partial charge on any atom is 0.319 e. The summed E-state index contributed by atoms with van der Waals surface area (Å²) < 4.78 is 5.67. The number of thiophene rings is 1. The van der Waals surface area contributed by atoms with Gasteiger partial charge in [-0.2, -0.15) is 9.97 Å². The molecule has 1 amide bonds. The van der Waals surface area contributed by atoms with E-state index in [2.05, 4.69) is 35.0 Å². The molecule has 0 spiro atoms. The summed E-state index contributed by atoms with van der Waals surface area (Å²) in [6.45, 7) is 5.58. The molecule has 0 radical (unpaired) electrons. The molecule has 1 aliphatic heterocycles. The van der Waals surface area contributed by atoms with Gasteiger partial charge in [0.05, 0.1) is 5.39 Å². The van der Waals surface area contributed by atoms with Crippen LogP contribution in [-0.4, -0.2) is 60.1 Å². The van der Waals surface area contributed by atoms with E-state index in [1.807, 2.05) is 47.4 Å². The van der Waals surface area contributed by atoms with Crippen LogP contribution in [0.4, 0.5) is 5.82 Å². The monoisotopic (exact) mass is 487 g/mol. The number of carbonyl (C=O) groups excluding carboxylic acids is 1. The summed E-state index contributed by atoms with van der Waals surface area (Å²) in [5.41, 5.74) is 8.47. The van der Waals surface area contributed by atoms with Crippen LogP contribution in [0.1, 0.15) is 22.2 Å². The molecule has 2 N–H and O–H groups in total. The molecule has 1 saturated heterocycles. The summed E-state index contributed by atoms with van der Waals surface area (Å²) in [7, 11) is 0. The number of anilines is 1. The van der Waals surface area contributed by atoms with Gasteiger partial charge >= 0.3 is 6.01 Å². The van der Waals surface area contributed by atoms with E-state index in [0.29, 0.717) is 50.9 Å². The van der Waals surface area contributed by atoms with Crippen LogP contribution in [0.15, 0.2) is 60.7 Å². The Morgan fingerprint density at radius 2 is 1.77 bits per heavy atom. The van der Waals surface area contributed by atoms with Gasteiger partial charge in [0.1, 0.15) is 17.3 Å². The lowest BCUT2D eigenvalue weighted by molar-refractivity contribution is 0.0746. The van der Waals surface area contributed by atoms with E-state index in [9.17, 15) is 4.79 Å². The van der Waals surface area contributed by atoms with Crippen molar-refractivity contribution in [3.8, 4) is 17.1 Å². The third-order valence-corrected chi connectivity index (χ3v) is 7.36. The Morgan fingerprint density at radius 3 is 2.51 bits per heavy atom. The molecule has 35 heavy (non-hydrogen) atoms. The number of nitrogens with zero attached hydrogens (tertiary/aromatic N) is 4. The van der Waals surface area contributed by atoms with Gasteiger partial charge < -0.3 is 20.3 Å². The fraction of sp³-hybridized carbons (Fsp3) is 0.296. The molecule has 5 rings (SSSR count). The molecular weight excluding hydrogens is 458 g/mol. The number of rotatable bonds is 7. The second-order valence-corrected chi connectivity index (χ2v) is 9.59. The fourth-order valence-corrected chi connectivity index (χ4v) is 5.29. The minimum absolute atomic E-state index is 0.0611. The van der Waals surface area contributed by atoms with Crippen molar-refractivity contribution in [1.82, 2.24) is 14.9 Å². The van der Waals surface area contributed by atoms with Gasteiger partial charge in [-0.25, -0.2) is 0 Å². The third kappa shape index (κ3) is 4.99. The average Bonchev–Trinajstić information content (AvgIpc) is 3.35. The molecule has 1 aliphatic rings. The zero-order chi connectivity index (χ0) is 24.2. The molecule has 0 atom stereocenters. The minimum Gasteiger partial charge on any atom is -0.462 e. The molecule has 3 heterocycles. The Hall–Kier alpha value is -3.49. The van der Waals surface area contributed by atoms with Crippen molar-refractivity contribution in [2.45, 2.75) is 13.3 Å². The highest BCUT2D eigenvalue weighted by molar-refractivity contribution is 7.18. The number of ether oxygens (including phenoxy) is 1. The van der Waals surface area contributed by atoms with Crippen molar-refractivity contribution in [3.05, 3.63) is 71.1 Å². The minimum atomic E-state index is 0.0611. The lowest BCUT2D eigenvalue weighted by atomic mass is 10.0. The van der Waals surface area contributed by atoms with Crippen LogP contribution in [0.3, 0.4) is 0 Å². The summed E-state index contributed by atoms with van der Waals surface area (Å²) in [6.07, 6.45) is 0.948. The van der Waals surface area contributed by atoms with Crippen LogP contribution in [-0.2, 0) is 6.42 Å². The lowest BCUT2D eigenvalue weighted by Crippen LogP contribution is -2.49. The predicted octanol–water partition coefficient (Wildman–Crippen LogP) is 4.22. The van der Waals surface area contributed by atoms with Crippen LogP contribution in [0.5, 0.6) is 6.01 Å². The van der Waals surface area contributed by atoms with Gasteiger partial charge in [0.15, 0.2) is 0 Å². The number of carbonyl (C=O) groups is 1. The average molecular weight is 488 g/mol. The molecule has 4 aromatic rings. The first-order valence-corrected chi connectivity index (χ1v) is 12.8. The number of benzene rings is 2. The molecular formula is C27H29N5O2S. The lowest BCUT2D eigenvalue weighted by Gasteiger charge is -2.35. The van der Waals surface area contributed by atoms with Crippen molar-refractivity contribution in [3.63, 3.8) is 0 Å². The second kappa shape index (κ2) is 10.4. The fourth-order valence-electron chi connectivity index (χ4n) is 4.33. The first-order chi connectivity index (χ1) is 17.2. The van der Waals surface area contributed by atoms with Gasteiger partial charge in [0, 0.05) is 43.2 Å². The number of piperazine rings is 1. The van der Waals surface area contributed by atoms with Gasteiger partial charge in [0.2, 0.25) is 0 Å². The van der Waals surface area contributed by atoms with Crippen molar-refractivity contribution in [2.75, 3.05) is 44.2 Å². The third-order valence-electron chi connectivity index (χ3n) is 6.18. The van der Waals surface area contributed by atoms with E-state index < -0.39 is 0 Å². The van der Waals surface area contributed by atoms with Crippen LogP contribution in [0, 0.1) is 0 Å². The smallest absolute Gasteiger partial charge is 0.319 e. The van der Waals surface area contributed by atoms with E-state index in [-0.39, 0.29) is 5.91 Å². The maximum atomic E-state index is 13.3. The number of amides is 1. The highest BCUT2D eigenvalue weighted by Gasteiger charge is 2.25. The summed E-state index contributed by atoms with van der Waals surface area (Å²) in [4.78, 5) is 29.0. The Bertz CT molecular complexity index is 1320. The largest absolute Gasteiger partial charge is 0.462 e. The maximum absolute atomic E-state index is 13.3. The number of aryl methyl sites for hydroxylation is 1. The van der Waals surface area contributed by atoms with Crippen molar-refractivity contribution >= 4 is 33.3 Å². The summed E-state index contributed by atoms with van der Waals surface area (Å²) >= 11 is 1.67. The van der Waals surface area contributed by atoms with E-state index in [4.69, 9.17) is 15.5 Å². The van der Waals surface area contributed by atoms with Crippen LogP contribution in [0.25, 0.3) is 21.3 Å². The molecule has 0 saturated carbocycles. The van der Waals surface area contributed by atoms with Crippen LogP contribution >= 0.6 is 11.3 Å². The van der Waals surface area contributed by atoms with Gasteiger partial charge in [0.25, 0.3) is 5.91 Å². The molecule has 2 aromatic heterocycles. The molecule has 1 fully saturated rings. The van der Waals surface area contributed by atoms with Gasteiger partial charge in [-0.05, 0) is 35.7 Å². The van der Waals surface area contributed by atoms with Crippen LogP contribution < -0.4 is 15.4 Å². The van der Waals surface area contributed by atoms with E-state index in [1.54, 1.807) is 11.3 Å². The first-order valence-electron chi connectivity index (χ1n) is 12.0. The van der Waals surface area contributed by atoms with Gasteiger partial charge in [-0.15, -0.1) is 11.3 Å². The number of fused-ring (bicyclic) bond motifs is 1. The summed E-state index contributed by atoms with van der Waals surface area (Å²) in [5, 5.41) is 1.04. The highest BCUT2D eigenvalue weighted by atomic mass is 32.1. The molecule has 180 valence electrons.